The Balaban J connectivity index is 1.58. The van der Waals surface area contributed by atoms with Crippen molar-refractivity contribution in [2.75, 3.05) is 0 Å². The lowest BCUT2D eigenvalue weighted by Crippen LogP contribution is -2.09. The molecule has 0 spiro atoms. The number of aromatic nitrogens is 2. The average molecular weight is 441 g/mol. The van der Waals surface area contributed by atoms with Gasteiger partial charge in [0.25, 0.3) is 5.56 Å². The third-order valence-corrected chi connectivity index (χ3v) is 6.76. The summed E-state index contributed by atoms with van der Waals surface area (Å²) in [6, 6.07) is 11.7. The molecule has 1 aromatic carbocycles. The lowest BCUT2D eigenvalue weighted by molar-refractivity contribution is 0.592. The standard InChI is InChI=1S/C21H17BrN2O2S/c22-13-8-6-12(7-9-13)15-10-11-16(26-15)19-23-20(25)18-14-4-2-1-3-5-17(14)27-21(18)24-19/h6-11H,1-5H2,(H,23,24,25). The second kappa shape index (κ2) is 6.77. The van der Waals surface area contributed by atoms with Gasteiger partial charge >= 0.3 is 0 Å². The molecule has 4 nitrogen and oxygen atoms in total. The van der Waals surface area contributed by atoms with Gasteiger partial charge in [0.15, 0.2) is 11.6 Å². The zero-order valence-electron chi connectivity index (χ0n) is 14.5. The minimum Gasteiger partial charge on any atom is -0.453 e. The maximum absolute atomic E-state index is 12.8. The largest absolute Gasteiger partial charge is 0.453 e. The van der Waals surface area contributed by atoms with Crippen molar-refractivity contribution >= 4 is 37.5 Å². The van der Waals surface area contributed by atoms with Crippen LogP contribution in [0.1, 0.15) is 29.7 Å². The summed E-state index contributed by atoms with van der Waals surface area (Å²) < 4.78 is 7.00. The molecule has 136 valence electrons. The molecule has 3 heterocycles. The monoisotopic (exact) mass is 440 g/mol. The van der Waals surface area contributed by atoms with Gasteiger partial charge in [-0.1, -0.05) is 34.5 Å². The van der Waals surface area contributed by atoms with Crippen molar-refractivity contribution in [3.05, 3.63) is 61.7 Å². The SMILES string of the molecule is O=c1[nH]c(-c2ccc(-c3ccc(Br)cc3)o2)nc2sc3c(c12)CCCCC3. The summed E-state index contributed by atoms with van der Waals surface area (Å²) in [6.45, 7) is 0. The van der Waals surface area contributed by atoms with E-state index in [4.69, 9.17) is 9.40 Å². The minimum absolute atomic E-state index is 0.0593. The fourth-order valence-corrected chi connectivity index (χ4v) is 5.22. The van der Waals surface area contributed by atoms with E-state index in [9.17, 15) is 4.79 Å². The number of hydrogen-bond donors (Lipinski definition) is 1. The van der Waals surface area contributed by atoms with Gasteiger partial charge in [-0.2, -0.15) is 0 Å². The Bertz CT molecular complexity index is 1190. The van der Waals surface area contributed by atoms with Crippen LogP contribution in [-0.2, 0) is 12.8 Å². The molecule has 1 aliphatic rings. The molecule has 0 bridgehead atoms. The predicted molar refractivity (Wildman–Crippen MR) is 112 cm³/mol. The van der Waals surface area contributed by atoms with Crippen LogP contribution < -0.4 is 5.56 Å². The van der Waals surface area contributed by atoms with Gasteiger partial charge in [-0.15, -0.1) is 11.3 Å². The number of fused-ring (bicyclic) bond motifs is 3. The zero-order chi connectivity index (χ0) is 18.4. The van der Waals surface area contributed by atoms with Gasteiger partial charge in [-0.25, -0.2) is 4.98 Å². The molecule has 3 aromatic heterocycles. The highest BCUT2D eigenvalue weighted by molar-refractivity contribution is 9.10. The Hall–Kier alpha value is -2.18. The van der Waals surface area contributed by atoms with E-state index in [-0.39, 0.29) is 5.56 Å². The minimum atomic E-state index is -0.0593. The van der Waals surface area contributed by atoms with Crippen molar-refractivity contribution in [3.8, 4) is 22.9 Å². The van der Waals surface area contributed by atoms with Crippen LogP contribution in [0.25, 0.3) is 33.1 Å². The number of rotatable bonds is 2. The van der Waals surface area contributed by atoms with Crippen molar-refractivity contribution in [2.45, 2.75) is 32.1 Å². The molecule has 0 saturated carbocycles. The van der Waals surface area contributed by atoms with Crippen molar-refractivity contribution in [3.63, 3.8) is 0 Å². The number of aromatic amines is 1. The van der Waals surface area contributed by atoms with Crippen LogP contribution >= 0.6 is 27.3 Å². The maximum atomic E-state index is 12.8. The van der Waals surface area contributed by atoms with Crippen LogP contribution in [0.3, 0.4) is 0 Å². The molecule has 1 aliphatic carbocycles. The van der Waals surface area contributed by atoms with Gasteiger partial charge in [0.1, 0.15) is 10.6 Å². The second-order valence-corrected chi connectivity index (χ2v) is 8.83. The molecule has 27 heavy (non-hydrogen) atoms. The number of H-pyrrole nitrogens is 1. The quantitative estimate of drug-likeness (QED) is 0.392. The van der Waals surface area contributed by atoms with E-state index in [1.165, 1.54) is 23.3 Å². The van der Waals surface area contributed by atoms with Gasteiger partial charge < -0.3 is 9.40 Å². The van der Waals surface area contributed by atoms with Gasteiger partial charge in [0, 0.05) is 14.9 Å². The number of furan rings is 1. The Morgan fingerprint density at radius 1 is 1.00 bits per heavy atom. The molecule has 0 aliphatic heterocycles. The van der Waals surface area contributed by atoms with Crippen LogP contribution in [0.4, 0.5) is 0 Å². The summed E-state index contributed by atoms with van der Waals surface area (Å²) in [6.07, 6.45) is 5.61. The molecular weight excluding hydrogens is 424 g/mol. The van der Waals surface area contributed by atoms with Gasteiger partial charge in [-0.05, 0) is 55.5 Å². The Morgan fingerprint density at radius 2 is 1.78 bits per heavy atom. The molecule has 4 aromatic rings. The van der Waals surface area contributed by atoms with Crippen LogP contribution in [0.15, 0.2) is 50.1 Å². The third kappa shape index (κ3) is 3.07. The van der Waals surface area contributed by atoms with E-state index in [0.717, 1.165) is 45.3 Å². The molecule has 0 amide bonds. The first-order chi connectivity index (χ1) is 13.2. The van der Waals surface area contributed by atoms with Crippen LogP contribution in [0.5, 0.6) is 0 Å². The van der Waals surface area contributed by atoms with E-state index in [2.05, 4.69) is 20.9 Å². The molecule has 6 heteroatoms. The molecule has 0 saturated heterocycles. The number of benzene rings is 1. The molecule has 0 atom stereocenters. The van der Waals surface area contributed by atoms with E-state index in [0.29, 0.717) is 11.6 Å². The van der Waals surface area contributed by atoms with Gasteiger partial charge in [0.05, 0.1) is 5.39 Å². The highest BCUT2D eigenvalue weighted by Gasteiger charge is 2.20. The summed E-state index contributed by atoms with van der Waals surface area (Å²) in [7, 11) is 0. The van der Waals surface area contributed by atoms with Gasteiger partial charge in [-0.3, -0.25) is 4.79 Å². The first kappa shape index (κ1) is 17.0. The van der Waals surface area contributed by atoms with Crippen molar-refractivity contribution < 1.29 is 4.42 Å². The number of halogens is 1. The highest BCUT2D eigenvalue weighted by Crippen LogP contribution is 2.34. The summed E-state index contributed by atoms with van der Waals surface area (Å²) >= 11 is 5.10. The number of nitrogens with zero attached hydrogens (tertiary/aromatic N) is 1. The van der Waals surface area contributed by atoms with Crippen molar-refractivity contribution in [1.82, 2.24) is 9.97 Å². The lowest BCUT2D eigenvalue weighted by atomic mass is 10.1. The van der Waals surface area contributed by atoms with Crippen LogP contribution in [0, 0.1) is 0 Å². The van der Waals surface area contributed by atoms with Crippen LogP contribution in [0.2, 0.25) is 0 Å². The Labute approximate surface area is 168 Å². The molecule has 0 unspecified atom stereocenters. The number of hydrogen-bond acceptors (Lipinski definition) is 4. The highest BCUT2D eigenvalue weighted by atomic mass is 79.9. The summed E-state index contributed by atoms with van der Waals surface area (Å²) in [5.41, 5.74) is 2.13. The Morgan fingerprint density at radius 3 is 2.63 bits per heavy atom. The number of aryl methyl sites for hydroxylation is 2. The van der Waals surface area contributed by atoms with E-state index in [1.54, 1.807) is 11.3 Å². The third-order valence-electron chi connectivity index (χ3n) is 5.04. The number of nitrogens with one attached hydrogen (secondary N) is 1. The predicted octanol–water partition coefficient (Wildman–Crippen LogP) is 5.94. The fraction of sp³-hybridized carbons (Fsp3) is 0.238. The van der Waals surface area contributed by atoms with E-state index in [1.807, 2.05) is 36.4 Å². The molecule has 0 fully saturated rings. The molecular formula is C21H17BrN2O2S. The first-order valence-corrected chi connectivity index (χ1v) is 10.7. The average Bonchev–Trinajstić information content (AvgIpc) is 3.22. The van der Waals surface area contributed by atoms with E-state index >= 15 is 0 Å². The number of thiophene rings is 1. The van der Waals surface area contributed by atoms with Crippen LogP contribution in [-0.4, -0.2) is 9.97 Å². The zero-order valence-corrected chi connectivity index (χ0v) is 17.0. The molecule has 0 radical (unpaired) electrons. The fourth-order valence-electron chi connectivity index (χ4n) is 3.69. The lowest BCUT2D eigenvalue weighted by Gasteiger charge is -2.00. The summed E-state index contributed by atoms with van der Waals surface area (Å²) in [5, 5.41) is 0.778. The molecule has 1 N–H and O–H groups in total. The van der Waals surface area contributed by atoms with Crippen molar-refractivity contribution in [2.24, 2.45) is 0 Å². The summed E-state index contributed by atoms with van der Waals surface area (Å²) in [4.78, 5) is 22.6. The molecule has 5 rings (SSSR count). The maximum Gasteiger partial charge on any atom is 0.260 e. The van der Waals surface area contributed by atoms with E-state index < -0.39 is 0 Å². The summed E-state index contributed by atoms with van der Waals surface area (Å²) in [5.74, 6) is 1.82. The first-order valence-electron chi connectivity index (χ1n) is 9.10. The van der Waals surface area contributed by atoms with Gasteiger partial charge in [0.2, 0.25) is 0 Å². The topological polar surface area (TPSA) is 58.9 Å². The van der Waals surface area contributed by atoms with Crippen molar-refractivity contribution in [1.29, 1.82) is 0 Å². The smallest absolute Gasteiger partial charge is 0.260 e. The second-order valence-electron chi connectivity index (χ2n) is 6.83. The Kier molecular flexibility index (Phi) is 4.25. The normalized spacial score (nSPS) is 14.3.